The van der Waals surface area contributed by atoms with E-state index in [1.807, 2.05) is 0 Å². The highest BCUT2D eigenvalue weighted by molar-refractivity contribution is 6.52. The molecule has 23 nitrogen and oxygen atoms in total. The van der Waals surface area contributed by atoms with E-state index in [-0.39, 0.29) is 51.6 Å². The molecule has 4 aliphatic heterocycles. The van der Waals surface area contributed by atoms with Gasteiger partial charge in [-0.1, -0.05) is 0 Å². The molecule has 25 heteroatoms. The molecular weight excluding hydrogens is 915 g/mol. The summed E-state index contributed by atoms with van der Waals surface area (Å²) in [7, 11) is 2.24. The molecule has 0 aromatic heterocycles. The van der Waals surface area contributed by atoms with Crippen LogP contribution in [0.2, 0.25) is 0 Å². The third-order valence-electron chi connectivity index (χ3n) is 12.4. The second kappa shape index (κ2) is 21.5. The molecule has 8 amide bonds. The van der Waals surface area contributed by atoms with Crippen molar-refractivity contribution in [2.75, 3.05) is 27.3 Å². The molecule has 4 saturated heterocycles. The van der Waals surface area contributed by atoms with Crippen molar-refractivity contribution in [1.82, 2.24) is 41.2 Å². The number of rotatable bonds is 18. The molecule has 364 valence electrons. The zero-order valence-electron chi connectivity index (χ0n) is 37.9. The topological polar surface area (TPSA) is 301 Å². The first-order chi connectivity index (χ1) is 30.8. The van der Waals surface area contributed by atoms with E-state index in [4.69, 9.17) is 32.9 Å². The zero-order valence-corrected chi connectivity index (χ0v) is 39.4. The van der Waals surface area contributed by atoms with E-state index in [0.29, 0.717) is 23.0 Å². The fourth-order valence-electron chi connectivity index (χ4n) is 8.37. The predicted octanol–water partition coefficient (Wildman–Crippen LogP) is -2.07. The lowest BCUT2D eigenvalue weighted by Crippen LogP contribution is -2.67. The average molecular weight is 972 g/mol. The number of alkyl halides is 2. The van der Waals surface area contributed by atoms with Crippen molar-refractivity contribution in [3.8, 4) is 0 Å². The number of likely N-dealkylation sites (tertiary alicyclic amines) is 2. The van der Waals surface area contributed by atoms with Gasteiger partial charge in [-0.2, -0.15) is 10.1 Å². The summed E-state index contributed by atoms with van der Waals surface area (Å²) in [4.78, 5) is 183. The van der Waals surface area contributed by atoms with Crippen LogP contribution in [-0.2, 0) is 72.0 Å². The average Bonchev–Trinajstić information content (AvgIpc) is 3.99. The van der Waals surface area contributed by atoms with Gasteiger partial charge >= 0.3 is 0 Å². The molecule has 4 heterocycles. The number of halogens is 2. The minimum Gasteiger partial charge on any atom is -0.345 e. The molecule has 0 aromatic rings. The Labute approximate surface area is 389 Å². The summed E-state index contributed by atoms with van der Waals surface area (Å²) in [6.07, 6.45) is 0.298. The van der Waals surface area contributed by atoms with Crippen molar-refractivity contribution in [2.24, 2.45) is 0 Å². The van der Waals surface area contributed by atoms with Crippen LogP contribution in [0.5, 0.6) is 0 Å². The number of nitrogens with one attached hydrogen (secondary N) is 4. The van der Waals surface area contributed by atoms with Crippen LogP contribution in [0.4, 0.5) is 0 Å². The minimum absolute atomic E-state index is 0.0905. The molecule has 0 spiro atoms. The third-order valence-corrected chi connectivity index (χ3v) is 13.3. The maximum absolute atomic E-state index is 13.5. The van der Waals surface area contributed by atoms with E-state index < -0.39 is 134 Å². The third kappa shape index (κ3) is 10.4. The number of carbonyl (C=O) groups is 13. The second-order valence-corrected chi connectivity index (χ2v) is 17.8. The fraction of sp³-hybridized carbons (Fsp3) is 0.683. The summed E-state index contributed by atoms with van der Waals surface area (Å²) in [5.41, 5.74) is -4.10. The number of carbonyl (C=O) groups excluding carboxylic acids is 13. The molecule has 4 fully saturated rings. The highest BCUT2D eigenvalue weighted by Gasteiger charge is 2.54. The van der Waals surface area contributed by atoms with Crippen molar-refractivity contribution in [3.63, 3.8) is 0 Å². The van der Waals surface area contributed by atoms with Gasteiger partial charge in [-0.25, -0.2) is 0 Å². The number of ketones is 5. The molecule has 0 saturated carbocycles. The lowest BCUT2D eigenvalue weighted by Gasteiger charge is -2.40. The van der Waals surface area contributed by atoms with Gasteiger partial charge in [-0.15, -0.1) is 23.2 Å². The van der Waals surface area contributed by atoms with E-state index in [9.17, 15) is 62.3 Å². The summed E-state index contributed by atoms with van der Waals surface area (Å²) in [5, 5.41) is 6.93. The highest BCUT2D eigenvalue weighted by atomic mass is 35.5. The van der Waals surface area contributed by atoms with Gasteiger partial charge in [-0.3, -0.25) is 72.0 Å². The van der Waals surface area contributed by atoms with E-state index in [1.54, 1.807) is 0 Å². The molecule has 4 N–H and O–H groups in total. The highest BCUT2D eigenvalue weighted by Crippen LogP contribution is 2.29. The number of hydrogen-bond acceptors (Lipinski definition) is 15. The van der Waals surface area contributed by atoms with Crippen molar-refractivity contribution < 1.29 is 72.0 Å². The van der Waals surface area contributed by atoms with Crippen LogP contribution >= 0.6 is 23.2 Å². The summed E-state index contributed by atoms with van der Waals surface area (Å²) in [6.45, 7) is 7.67. The number of hydroxylamine groups is 4. The Morgan fingerprint density at radius 2 is 0.879 bits per heavy atom. The number of Topliss-reactive ketones (excluding diaryl/α,β-unsaturated/α-hetero) is 5. The summed E-state index contributed by atoms with van der Waals surface area (Å²) in [5.74, 6) is -10.7. The van der Waals surface area contributed by atoms with Crippen molar-refractivity contribution in [1.29, 1.82) is 0 Å². The van der Waals surface area contributed by atoms with Crippen molar-refractivity contribution in [2.45, 2.75) is 151 Å². The van der Waals surface area contributed by atoms with E-state index in [0.717, 1.165) is 14.2 Å². The number of hydrogen-bond donors (Lipinski definition) is 4. The molecule has 4 rings (SSSR count). The minimum atomic E-state index is -2.05. The monoisotopic (exact) mass is 970 g/mol. The largest absolute Gasteiger partial charge is 0.345 e. The van der Waals surface area contributed by atoms with Crippen molar-refractivity contribution in [3.05, 3.63) is 0 Å². The Hall–Kier alpha value is -5.39. The lowest BCUT2D eigenvalue weighted by molar-refractivity contribution is -0.213. The van der Waals surface area contributed by atoms with Crippen LogP contribution in [-0.4, -0.2) is 181 Å². The Morgan fingerprint density at radius 3 is 1.20 bits per heavy atom. The molecule has 66 heavy (non-hydrogen) atoms. The Balaban J connectivity index is 1.30. The van der Waals surface area contributed by atoms with Crippen LogP contribution in [0.25, 0.3) is 0 Å². The smallest absolute Gasteiger partial charge is 0.256 e. The van der Waals surface area contributed by atoms with E-state index in [1.165, 1.54) is 51.3 Å². The van der Waals surface area contributed by atoms with E-state index in [2.05, 4.69) is 21.3 Å². The quantitative estimate of drug-likeness (QED) is 0.0848. The van der Waals surface area contributed by atoms with Gasteiger partial charge < -0.3 is 31.1 Å². The van der Waals surface area contributed by atoms with Crippen LogP contribution in [0.15, 0.2) is 0 Å². The second-order valence-electron chi connectivity index (χ2n) is 16.9. The normalized spacial score (nSPS) is 26.2. The van der Waals surface area contributed by atoms with Gasteiger partial charge in [-0.05, 0) is 67.2 Å². The maximum Gasteiger partial charge on any atom is 0.256 e. The van der Waals surface area contributed by atoms with Crippen LogP contribution in [0.1, 0.15) is 92.9 Å². The van der Waals surface area contributed by atoms with Gasteiger partial charge in [0.25, 0.3) is 11.8 Å². The summed E-state index contributed by atoms with van der Waals surface area (Å²) < 4.78 is 0. The fourth-order valence-corrected chi connectivity index (χ4v) is 9.07. The molecule has 0 aliphatic carbocycles. The van der Waals surface area contributed by atoms with Crippen molar-refractivity contribution >= 4 is 99.4 Å². The summed E-state index contributed by atoms with van der Waals surface area (Å²) in [6, 6.07) is -7.66. The molecular formula is C41H56Cl2N8O15. The van der Waals surface area contributed by atoms with Crippen LogP contribution < -0.4 is 21.3 Å². The molecule has 4 aliphatic rings. The zero-order chi connectivity index (χ0) is 49.7. The Kier molecular flexibility index (Phi) is 17.3. The van der Waals surface area contributed by atoms with Crippen LogP contribution in [0.3, 0.4) is 0 Å². The van der Waals surface area contributed by atoms with Gasteiger partial charge in [0.1, 0.15) is 24.2 Å². The van der Waals surface area contributed by atoms with E-state index >= 15 is 0 Å². The molecule has 2 unspecified atom stereocenters. The van der Waals surface area contributed by atoms with Gasteiger partial charge in [0.15, 0.2) is 39.7 Å². The predicted molar refractivity (Wildman–Crippen MR) is 227 cm³/mol. The first-order valence-electron chi connectivity index (χ1n) is 21.3. The number of amides is 8. The van der Waals surface area contributed by atoms with Gasteiger partial charge in [0.05, 0.1) is 26.3 Å². The molecule has 0 aromatic carbocycles. The first kappa shape index (κ1) is 53.2. The standard InChI is InChI=1S/C41H56Cl2N8O15/c1-19(44-34(59)23-11-9-17-48(23)36(61)21(3)46-38(63)40(5)25(52)13-15-27(54)50(40)65-7)31(56)29(42)33(58)30(43)32(57)20(2)45-35(60)24-12-10-18-49(24)37(62)22(4)47-39(64)41(6)26(53)14-16-28(55)51(41)66-8/h19-24,29-30H,9-18H2,1-8H3,(H,44,59)(H,45,60)(H,46,63)(H,47,64)/t19-,20-,21-,22-,23-,24-,29?,30?,40+,41+/m0/s1. The number of piperidine rings is 2. The first-order valence-corrected chi connectivity index (χ1v) is 22.2. The molecule has 10 atom stereocenters. The lowest BCUT2D eigenvalue weighted by atomic mass is 9.87. The summed E-state index contributed by atoms with van der Waals surface area (Å²) >= 11 is 12.4. The van der Waals surface area contributed by atoms with Gasteiger partial charge in [0.2, 0.25) is 46.5 Å². The Bertz CT molecular complexity index is 1930. The number of nitrogens with zero attached hydrogens (tertiary/aromatic N) is 4. The van der Waals surface area contributed by atoms with Crippen LogP contribution in [0, 0.1) is 0 Å². The SMILES string of the molecule is CON1C(=O)CCC(=O)[C@]1(C)C(=O)N[C@@H](C)C(=O)N1CCC[C@H]1C(=O)N[C@@H](C)C(=O)C(Cl)C(=O)C(Cl)C(=O)[C@H](C)NC(=O)[C@@H]1CCCN1C(=O)[C@H](C)NC(=O)[C@@]1(C)C(=O)CCC(=O)N1OC. The molecule has 0 radical (unpaired) electrons. The van der Waals surface area contributed by atoms with Gasteiger partial charge in [0, 0.05) is 38.8 Å². The maximum atomic E-state index is 13.5. The Morgan fingerprint density at radius 1 is 0.545 bits per heavy atom. The molecule has 0 bridgehead atoms.